The molecule has 1 aromatic carbocycles. The average Bonchev–Trinajstić information content (AvgIpc) is 2.72. The van der Waals surface area contributed by atoms with Crippen molar-refractivity contribution in [3.05, 3.63) is 65.5 Å². The lowest BCUT2D eigenvalue weighted by Crippen LogP contribution is -2.34. The molecule has 3 rings (SSSR count). The average molecular weight is 381 g/mol. The molecule has 1 aliphatic rings. The van der Waals surface area contributed by atoms with Crippen molar-refractivity contribution in [1.29, 1.82) is 0 Å². The second-order valence-corrected chi connectivity index (χ2v) is 7.06. The number of ether oxygens (including phenoxy) is 1. The number of carbonyl (C=O) groups excluding carboxylic acids is 1. The first-order valence-corrected chi connectivity index (χ1v) is 9.56. The molecule has 1 amide bonds. The van der Waals surface area contributed by atoms with Crippen molar-refractivity contribution in [2.75, 3.05) is 19.6 Å². The zero-order valence-electron chi connectivity index (χ0n) is 16.0. The molecule has 148 valence electrons. The third-order valence-electron chi connectivity index (χ3n) is 5.06. The number of piperidine rings is 1. The first-order valence-electron chi connectivity index (χ1n) is 9.56. The van der Waals surface area contributed by atoms with Crippen LogP contribution in [0.4, 0.5) is 4.79 Å². The standard InChI is InChI=1S/C21H27N5O2/c22-20(23)25-21(27)28-15-17-3-1-2-16(14-17)6-11-26-12-7-19(8-13-26)18-4-9-24-10-5-18/h1-5,9-10,14,19H,6-8,11-13,15H2,(H4,22,23,25,27). The summed E-state index contributed by atoms with van der Waals surface area (Å²) < 4.78 is 5.04. The molecule has 1 aliphatic heterocycles. The van der Waals surface area contributed by atoms with Gasteiger partial charge in [0, 0.05) is 18.9 Å². The number of carbonyl (C=O) groups is 1. The Morgan fingerprint density at radius 2 is 1.86 bits per heavy atom. The first-order chi connectivity index (χ1) is 13.6. The van der Waals surface area contributed by atoms with E-state index in [1.165, 1.54) is 24.0 Å². The number of guanidine groups is 1. The maximum absolute atomic E-state index is 11.4. The molecule has 7 heteroatoms. The maximum Gasteiger partial charge on any atom is 0.437 e. The van der Waals surface area contributed by atoms with Crippen LogP contribution in [-0.2, 0) is 17.8 Å². The third kappa shape index (κ3) is 6.06. The molecule has 28 heavy (non-hydrogen) atoms. The lowest BCUT2D eigenvalue weighted by Gasteiger charge is -2.32. The number of nitrogens with two attached hydrogens (primary N) is 2. The topological polar surface area (TPSA) is 107 Å². The molecule has 0 aliphatic carbocycles. The van der Waals surface area contributed by atoms with Crippen molar-refractivity contribution in [1.82, 2.24) is 9.88 Å². The number of benzene rings is 1. The summed E-state index contributed by atoms with van der Waals surface area (Å²) >= 11 is 0. The van der Waals surface area contributed by atoms with E-state index in [4.69, 9.17) is 16.2 Å². The number of pyridine rings is 1. The fourth-order valence-corrected chi connectivity index (χ4v) is 3.57. The molecular weight excluding hydrogens is 354 g/mol. The van der Waals surface area contributed by atoms with Gasteiger partial charge in [0.15, 0.2) is 5.96 Å². The van der Waals surface area contributed by atoms with Crippen molar-refractivity contribution in [2.24, 2.45) is 16.5 Å². The highest BCUT2D eigenvalue weighted by Crippen LogP contribution is 2.27. The van der Waals surface area contributed by atoms with E-state index < -0.39 is 6.09 Å². The van der Waals surface area contributed by atoms with Crippen molar-refractivity contribution >= 4 is 12.1 Å². The summed E-state index contributed by atoms with van der Waals surface area (Å²) in [6.07, 6.45) is 6.32. The lowest BCUT2D eigenvalue weighted by atomic mass is 9.90. The van der Waals surface area contributed by atoms with Crippen molar-refractivity contribution < 1.29 is 9.53 Å². The van der Waals surface area contributed by atoms with Crippen LogP contribution in [0.25, 0.3) is 0 Å². The maximum atomic E-state index is 11.4. The van der Waals surface area contributed by atoms with E-state index in [0.29, 0.717) is 5.92 Å². The summed E-state index contributed by atoms with van der Waals surface area (Å²) in [5, 5.41) is 0. The molecule has 1 saturated heterocycles. The van der Waals surface area contributed by atoms with Gasteiger partial charge in [-0.25, -0.2) is 4.79 Å². The minimum atomic E-state index is -0.775. The zero-order chi connectivity index (χ0) is 19.8. The Labute approximate surface area is 165 Å². The van der Waals surface area contributed by atoms with Crippen LogP contribution in [0.5, 0.6) is 0 Å². The highest BCUT2D eigenvalue weighted by Gasteiger charge is 2.20. The van der Waals surface area contributed by atoms with Gasteiger partial charge in [0.05, 0.1) is 0 Å². The molecular formula is C21H27N5O2. The number of hydrogen-bond donors (Lipinski definition) is 2. The minimum absolute atomic E-state index is 0.154. The van der Waals surface area contributed by atoms with Crippen molar-refractivity contribution in [2.45, 2.75) is 31.8 Å². The first kappa shape index (κ1) is 19.8. The normalized spacial score (nSPS) is 15.1. The van der Waals surface area contributed by atoms with Gasteiger partial charge in [-0.2, -0.15) is 0 Å². The summed E-state index contributed by atoms with van der Waals surface area (Å²) in [5.74, 6) is 0.342. The van der Waals surface area contributed by atoms with Gasteiger partial charge in [-0.3, -0.25) is 4.98 Å². The third-order valence-corrected chi connectivity index (χ3v) is 5.06. The molecule has 0 atom stereocenters. The highest BCUT2D eigenvalue weighted by molar-refractivity contribution is 5.87. The predicted octanol–water partition coefficient (Wildman–Crippen LogP) is 2.41. The summed E-state index contributed by atoms with van der Waals surface area (Å²) in [7, 11) is 0. The van der Waals surface area contributed by atoms with Crippen LogP contribution in [0.1, 0.15) is 35.4 Å². The molecule has 1 fully saturated rings. The van der Waals surface area contributed by atoms with Gasteiger partial charge in [0.1, 0.15) is 6.61 Å². The minimum Gasteiger partial charge on any atom is -0.443 e. The van der Waals surface area contributed by atoms with Crippen molar-refractivity contribution in [3.63, 3.8) is 0 Å². The van der Waals surface area contributed by atoms with Gasteiger partial charge in [0.25, 0.3) is 0 Å². The highest BCUT2D eigenvalue weighted by atomic mass is 16.5. The largest absolute Gasteiger partial charge is 0.443 e. The molecule has 7 nitrogen and oxygen atoms in total. The molecule has 2 heterocycles. The molecule has 0 radical (unpaired) electrons. The fourth-order valence-electron chi connectivity index (χ4n) is 3.57. The van der Waals surface area contributed by atoms with E-state index in [-0.39, 0.29) is 12.6 Å². The summed E-state index contributed by atoms with van der Waals surface area (Å²) in [6, 6.07) is 12.3. The summed E-state index contributed by atoms with van der Waals surface area (Å²) in [5.41, 5.74) is 13.9. The molecule has 0 saturated carbocycles. The van der Waals surface area contributed by atoms with Gasteiger partial charge < -0.3 is 21.1 Å². The quantitative estimate of drug-likeness (QED) is 0.588. The SMILES string of the molecule is NC(N)=NC(=O)OCc1cccc(CCN2CCC(c3ccncc3)CC2)c1. The van der Waals surface area contributed by atoms with Gasteiger partial charge >= 0.3 is 6.09 Å². The van der Waals surface area contributed by atoms with Crippen LogP contribution >= 0.6 is 0 Å². The van der Waals surface area contributed by atoms with Gasteiger partial charge in [-0.1, -0.05) is 24.3 Å². The zero-order valence-corrected chi connectivity index (χ0v) is 16.0. The van der Waals surface area contributed by atoms with E-state index in [1.807, 2.05) is 24.5 Å². The molecule has 1 aromatic heterocycles. The van der Waals surface area contributed by atoms with E-state index in [0.717, 1.165) is 31.6 Å². The number of aliphatic imine (C=N–C) groups is 1. The molecule has 0 unspecified atom stereocenters. The number of nitrogens with zero attached hydrogens (tertiary/aromatic N) is 3. The fraction of sp³-hybridized carbons (Fsp3) is 0.381. The molecule has 0 bridgehead atoms. The second kappa shape index (κ2) is 9.85. The van der Waals surface area contributed by atoms with E-state index >= 15 is 0 Å². The van der Waals surface area contributed by atoms with Gasteiger partial charge in [-0.15, -0.1) is 4.99 Å². The van der Waals surface area contributed by atoms with Crippen LogP contribution in [0, 0.1) is 0 Å². The number of rotatable bonds is 6. The monoisotopic (exact) mass is 381 g/mol. The number of amides is 1. The van der Waals surface area contributed by atoms with Crippen LogP contribution < -0.4 is 11.5 Å². The Morgan fingerprint density at radius 1 is 1.14 bits per heavy atom. The second-order valence-electron chi connectivity index (χ2n) is 7.06. The Hall–Kier alpha value is -2.93. The van der Waals surface area contributed by atoms with E-state index in [2.05, 4.69) is 39.1 Å². The summed E-state index contributed by atoms with van der Waals surface area (Å²) in [4.78, 5) is 21.4. The molecule has 0 spiro atoms. The van der Waals surface area contributed by atoms with Crippen molar-refractivity contribution in [3.8, 4) is 0 Å². The van der Waals surface area contributed by atoms with Gasteiger partial charge in [-0.05, 0) is 67.1 Å². The Kier molecular flexibility index (Phi) is 6.97. The smallest absolute Gasteiger partial charge is 0.437 e. The van der Waals surface area contributed by atoms with E-state index in [9.17, 15) is 4.79 Å². The van der Waals surface area contributed by atoms with Crippen LogP contribution in [0.3, 0.4) is 0 Å². The van der Waals surface area contributed by atoms with E-state index in [1.54, 1.807) is 0 Å². The number of likely N-dealkylation sites (tertiary alicyclic amines) is 1. The number of hydrogen-bond acceptors (Lipinski definition) is 4. The van der Waals surface area contributed by atoms with Crippen LogP contribution in [0.2, 0.25) is 0 Å². The summed E-state index contributed by atoms with van der Waals surface area (Å²) in [6.45, 7) is 3.41. The van der Waals surface area contributed by atoms with Crippen LogP contribution in [0.15, 0.2) is 53.8 Å². The Morgan fingerprint density at radius 3 is 2.57 bits per heavy atom. The number of aromatic nitrogens is 1. The Bertz CT molecular complexity index is 797. The molecule has 4 N–H and O–H groups in total. The predicted molar refractivity (Wildman–Crippen MR) is 109 cm³/mol. The van der Waals surface area contributed by atoms with Crippen LogP contribution in [-0.4, -0.2) is 41.6 Å². The Balaban J connectivity index is 1.44. The van der Waals surface area contributed by atoms with Gasteiger partial charge in [0.2, 0.25) is 0 Å². The lowest BCUT2D eigenvalue weighted by molar-refractivity contribution is 0.150. The molecule has 2 aromatic rings.